The van der Waals surface area contributed by atoms with Gasteiger partial charge in [-0.2, -0.15) is 0 Å². The van der Waals surface area contributed by atoms with Gasteiger partial charge >= 0.3 is 0 Å². The molecule has 2 heterocycles. The fraction of sp³-hybridized carbons (Fsp3) is 0.500. The van der Waals surface area contributed by atoms with Gasteiger partial charge in [0.2, 0.25) is 5.91 Å². The average Bonchev–Trinajstić information content (AvgIpc) is 3.26. The van der Waals surface area contributed by atoms with E-state index in [-0.39, 0.29) is 17.4 Å². The van der Waals surface area contributed by atoms with Crippen LogP contribution < -0.4 is 4.74 Å². The van der Waals surface area contributed by atoms with Crippen LogP contribution in [0.1, 0.15) is 37.3 Å². The van der Waals surface area contributed by atoms with Gasteiger partial charge in [0.15, 0.2) is 0 Å². The normalized spacial score (nSPS) is 20.0. The lowest BCUT2D eigenvalue weighted by molar-refractivity contribution is -0.143. The maximum atomic E-state index is 13.3. The molecule has 6 heteroatoms. The Bertz CT molecular complexity index is 716. The van der Waals surface area contributed by atoms with Gasteiger partial charge in [-0.25, -0.2) is 4.68 Å². The van der Waals surface area contributed by atoms with Crippen molar-refractivity contribution in [2.45, 2.75) is 37.1 Å². The molecule has 0 spiro atoms. The van der Waals surface area contributed by atoms with E-state index in [1.165, 1.54) is 0 Å². The van der Waals surface area contributed by atoms with Gasteiger partial charge in [0.05, 0.1) is 24.8 Å². The average molecular weight is 326 g/mol. The van der Waals surface area contributed by atoms with Gasteiger partial charge in [0.1, 0.15) is 5.75 Å². The quantitative estimate of drug-likeness (QED) is 0.864. The molecule has 0 unspecified atom stereocenters. The largest absolute Gasteiger partial charge is 0.497 e. The van der Waals surface area contributed by atoms with E-state index in [0.29, 0.717) is 13.1 Å². The predicted molar refractivity (Wildman–Crippen MR) is 88.8 cm³/mol. The highest BCUT2D eigenvalue weighted by atomic mass is 16.5. The standard InChI is InChI=1S/C18H22N4O2/c1-24-16-6-4-5-14(11-16)18(7-2-3-8-18)17(23)21-12-15(13-21)22-10-9-19-20-22/h4-6,9-11,15H,2-3,7-8,12-13H2,1H3. The van der Waals surface area contributed by atoms with Gasteiger partial charge in [0, 0.05) is 19.3 Å². The van der Waals surface area contributed by atoms with Crippen molar-refractivity contribution in [3.8, 4) is 5.75 Å². The summed E-state index contributed by atoms with van der Waals surface area (Å²) in [6, 6.07) is 8.26. The SMILES string of the molecule is COc1cccc(C2(C(=O)N3CC(n4ccnn4)C3)CCCC2)c1. The third-order valence-corrected chi connectivity index (χ3v) is 5.45. The Morgan fingerprint density at radius 3 is 2.75 bits per heavy atom. The Balaban J connectivity index is 1.56. The third kappa shape index (κ3) is 2.37. The lowest BCUT2D eigenvalue weighted by Gasteiger charge is -2.44. The van der Waals surface area contributed by atoms with Gasteiger partial charge in [-0.3, -0.25) is 4.79 Å². The van der Waals surface area contributed by atoms with Crippen molar-refractivity contribution in [3.63, 3.8) is 0 Å². The minimum atomic E-state index is -0.387. The molecular formula is C18H22N4O2. The second-order valence-corrected chi connectivity index (χ2v) is 6.77. The molecule has 1 saturated carbocycles. The molecule has 2 fully saturated rings. The van der Waals surface area contributed by atoms with Crippen molar-refractivity contribution in [2.24, 2.45) is 0 Å². The number of likely N-dealkylation sites (tertiary alicyclic amines) is 1. The minimum Gasteiger partial charge on any atom is -0.497 e. The summed E-state index contributed by atoms with van der Waals surface area (Å²) in [7, 11) is 1.67. The molecule has 4 rings (SSSR count). The maximum Gasteiger partial charge on any atom is 0.233 e. The van der Waals surface area contributed by atoms with E-state index in [0.717, 1.165) is 37.0 Å². The van der Waals surface area contributed by atoms with Crippen LogP contribution in [0.4, 0.5) is 0 Å². The molecule has 0 atom stereocenters. The number of carbonyl (C=O) groups excluding carboxylic acids is 1. The number of nitrogens with zero attached hydrogens (tertiary/aromatic N) is 4. The summed E-state index contributed by atoms with van der Waals surface area (Å²) in [5.74, 6) is 1.07. The van der Waals surface area contributed by atoms with E-state index in [9.17, 15) is 4.79 Å². The molecule has 126 valence electrons. The summed E-state index contributed by atoms with van der Waals surface area (Å²) >= 11 is 0. The molecule has 1 aromatic carbocycles. The zero-order chi connectivity index (χ0) is 16.6. The van der Waals surface area contributed by atoms with Crippen LogP contribution in [0.2, 0.25) is 0 Å². The smallest absolute Gasteiger partial charge is 0.233 e. The number of hydrogen-bond acceptors (Lipinski definition) is 4. The number of rotatable bonds is 4. The molecular weight excluding hydrogens is 304 g/mol. The van der Waals surface area contributed by atoms with Gasteiger partial charge in [-0.05, 0) is 30.5 Å². The summed E-state index contributed by atoms with van der Waals surface area (Å²) in [5.41, 5.74) is 0.704. The highest BCUT2D eigenvalue weighted by molar-refractivity contribution is 5.89. The van der Waals surface area contributed by atoms with E-state index >= 15 is 0 Å². The van der Waals surface area contributed by atoms with E-state index in [1.54, 1.807) is 13.3 Å². The number of carbonyl (C=O) groups is 1. The Kier molecular flexibility index (Phi) is 3.75. The molecule has 2 aliphatic rings. The van der Waals surface area contributed by atoms with Crippen molar-refractivity contribution in [3.05, 3.63) is 42.2 Å². The third-order valence-electron chi connectivity index (χ3n) is 5.45. The molecule has 0 radical (unpaired) electrons. The number of benzene rings is 1. The molecule has 1 aliphatic carbocycles. The number of aromatic nitrogens is 3. The number of ether oxygens (including phenoxy) is 1. The van der Waals surface area contributed by atoms with Crippen LogP contribution >= 0.6 is 0 Å². The number of methoxy groups -OCH3 is 1. The van der Waals surface area contributed by atoms with Crippen LogP contribution in [0.15, 0.2) is 36.7 Å². The molecule has 1 aromatic heterocycles. The van der Waals surface area contributed by atoms with Gasteiger partial charge in [-0.1, -0.05) is 30.2 Å². The molecule has 1 aliphatic heterocycles. The topological polar surface area (TPSA) is 60.2 Å². The molecule has 0 bridgehead atoms. The van der Waals surface area contributed by atoms with Gasteiger partial charge in [-0.15, -0.1) is 5.10 Å². The van der Waals surface area contributed by atoms with Gasteiger partial charge in [0.25, 0.3) is 0 Å². The first-order valence-corrected chi connectivity index (χ1v) is 8.53. The van der Waals surface area contributed by atoms with E-state index in [2.05, 4.69) is 16.4 Å². The van der Waals surface area contributed by atoms with Crippen molar-refractivity contribution >= 4 is 5.91 Å². The lowest BCUT2D eigenvalue weighted by Crippen LogP contribution is -2.56. The predicted octanol–water partition coefficient (Wildman–Crippen LogP) is 2.18. The molecule has 0 N–H and O–H groups in total. The number of hydrogen-bond donors (Lipinski definition) is 0. The maximum absolute atomic E-state index is 13.3. The monoisotopic (exact) mass is 326 g/mol. The van der Waals surface area contributed by atoms with E-state index in [1.807, 2.05) is 34.0 Å². The zero-order valence-electron chi connectivity index (χ0n) is 13.9. The number of amides is 1. The van der Waals surface area contributed by atoms with Crippen LogP contribution in [0, 0.1) is 0 Å². The molecule has 1 amide bonds. The van der Waals surface area contributed by atoms with Crippen LogP contribution in [0.3, 0.4) is 0 Å². The van der Waals surface area contributed by atoms with Crippen LogP contribution in [-0.2, 0) is 10.2 Å². The summed E-state index contributed by atoms with van der Waals surface area (Å²) in [5, 5.41) is 7.89. The van der Waals surface area contributed by atoms with Gasteiger partial charge < -0.3 is 9.64 Å². The Hall–Kier alpha value is -2.37. The molecule has 2 aromatic rings. The fourth-order valence-corrected chi connectivity index (χ4v) is 4.03. The summed E-state index contributed by atoms with van der Waals surface area (Å²) in [4.78, 5) is 15.3. The van der Waals surface area contributed by atoms with Crippen LogP contribution in [-0.4, -0.2) is 46.0 Å². The molecule has 24 heavy (non-hydrogen) atoms. The minimum absolute atomic E-state index is 0.250. The highest BCUT2D eigenvalue weighted by Gasteiger charge is 2.48. The van der Waals surface area contributed by atoms with Crippen LogP contribution in [0.5, 0.6) is 5.75 Å². The highest BCUT2D eigenvalue weighted by Crippen LogP contribution is 2.44. The Morgan fingerprint density at radius 1 is 1.29 bits per heavy atom. The second kappa shape index (κ2) is 5.92. The van der Waals surface area contributed by atoms with Crippen LogP contribution in [0.25, 0.3) is 0 Å². The van der Waals surface area contributed by atoms with Crippen molar-refractivity contribution in [1.82, 2.24) is 19.9 Å². The molecule has 6 nitrogen and oxygen atoms in total. The Morgan fingerprint density at radius 2 is 2.08 bits per heavy atom. The first kappa shape index (κ1) is 15.2. The second-order valence-electron chi connectivity index (χ2n) is 6.77. The zero-order valence-corrected chi connectivity index (χ0v) is 13.9. The first-order chi connectivity index (χ1) is 11.7. The van der Waals surface area contributed by atoms with Crippen molar-refractivity contribution < 1.29 is 9.53 Å². The lowest BCUT2D eigenvalue weighted by atomic mass is 9.76. The Labute approximate surface area is 141 Å². The van der Waals surface area contributed by atoms with E-state index in [4.69, 9.17) is 4.74 Å². The van der Waals surface area contributed by atoms with Crippen molar-refractivity contribution in [2.75, 3.05) is 20.2 Å². The summed E-state index contributed by atoms with van der Waals surface area (Å²) in [6.45, 7) is 1.43. The summed E-state index contributed by atoms with van der Waals surface area (Å²) < 4.78 is 7.21. The fourth-order valence-electron chi connectivity index (χ4n) is 4.03. The first-order valence-electron chi connectivity index (χ1n) is 8.53. The summed E-state index contributed by atoms with van der Waals surface area (Å²) in [6.07, 6.45) is 7.58. The van der Waals surface area contributed by atoms with Crippen molar-refractivity contribution in [1.29, 1.82) is 0 Å². The molecule has 1 saturated heterocycles. The van der Waals surface area contributed by atoms with E-state index < -0.39 is 0 Å².